The summed E-state index contributed by atoms with van der Waals surface area (Å²) in [4.78, 5) is 27.0. The number of benzene rings is 2. The zero-order valence-electron chi connectivity index (χ0n) is 11.6. The van der Waals surface area contributed by atoms with Crippen molar-refractivity contribution in [3.8, 4) is 23.0 Å². The molecule has 0 saturated heterocycles. The van der Waals surface area contributed by atoms with Gasteiger partial charge in [0.15, 0.2) is 11.5 Å². The SMILES string of the molecule is O=C(Nc1cc(O)c2c(c1O)O2)c1cc2ccccc2[nH]c1=O. The fourth-order valence-electron chi connectivity index (χ4n) is 2.39. The molecule has 4 rings (SSSR count). The Bertz CT molecular complexity index is 1040. The summed E-state index contributed by atoms with van der Waals surface area (Å²) < 4.78 is 4.89. The van der Waals surface area contributed by atoms with Crippen molar-refractivity contribution in [3.63, 3.8) is 0 Å². The molecule has 1 aromatic heterocycles. The number of hydrogen-bond acceptors (Lipinski definition) is 5. The molecule has 2 aromatic carbocycles. The van der Waals surface area contributed by atoms with E-state index in [-0.39, 0.29) is 34.2 Å². The van der Waals surface area contributed by atoms with Gasteiger partial charge in [-0.05, 0) is 17.5 Å². The van der Waals surface area contributed by atoms with E-state index in [1.54, 1.807) is 24.3 Å². The summed E-state index contributed by atoms with van der Waals surface area (Å²) in [6.45, 7) is 0. The molecule has 0 bridgehead atoms. The predicted octanol–water partition coefficient (Wildman–Crippen LogP) is 2.30. The van der Waals surface area contributed by atoms with Crippen LogP contribution in [0, 0.1) is 0 Å². The van der Waals surface area contributed by atoms with Gasteiger partial charge in [-0.15, -0.1) is 0 Å². The summed E-state index contributed by atoms with van der Waals surface area (Å²) in [5, 5.41) is 22.6. The van der Waals surface area contributed by atoms with Crippen LogP contribution in [0.1, 0.15) is 10.4 Å². The minimum absolute atomic E-state index is 0.0312. The third kappa shape index (κ3) is 2.06. The number of phenols is 2. The van der Waals surface area contributed by atoms with Gasteiger partial charge >= 0.3 is 0 Å². The third-order valence-corrected chi connectivity index (χ3v) is 3.60. The Morgan fingerprint density at radius 2 is 1.91 bits per heavy atom. The van der Waals surface area contributed by atoms with E-state index in [9.17, 15) is 19.8 Å². The lowest BCUT2D eigenvalue weighted by atomic mass is 10.1. The van der Waals surface area contributed by atoms with Gasteiger partial charge in [0.2, 0.25) is 11.5 Å². The van der Waals surface area contributed by atoms with E-state index in [1.165, 1.54) is 6.07 Å². The molecule has 0 unspecified atom stereocenters. The molecule has 1 aliphatic rings. The van der Waals surface area contributed by atoms with Gasteiger partial charge in [0.05, 0.1) is 5.69 Å². The van der Waals surface area contributed by atoms with E-state index in [1.807, 2.05) is 0 Å². The number of H-pyrrole nitrogens is 1. The second-order valence-corrected chi connectivity index (χ2v) is 5.11. The van der Waals surface area contributed by atoms with Crippen molar-refractivity contribution in [1.29, 1.82) is 0 Å². The molecule has 23 heavy (non-hydrogen) atoms. The number of anilines is 1. The number of amides is 1. The van der Waals surface area contributed by atoms with Gasteiger partial charge in [-0.1, -0.05) is 18.2 Å². The average molecular weight is 310 g/mol. The van der Waals surface area contributed by atoms with E-state index < -0.39 is 11.5 Å². The maximum absolute atomic E-state index is 12.3. The van der Waals surface area contributed by atoms with Crippen LogP contribution in [-0.4, -0.2) is 21.1 Å². The third-order valence-electron chi connectivity index (χ3n) is 3.60. The van der Waals surface area contributed by atoms with Gasteiger partial charge in [-0.25, -0.2) is 0 Å². The van der Waals surface area contributed by atoms with Gasteiger partial charge in [0.1, 0.15) is 5.56 Å². The first-order valence-electron chi connectivity index (χ1n) is 6.75. The number of fused-ring (bicyclic) bond motifs is 2. The normalized spacial score (nSPS) is 11.7. The highest BCUT2D eigenvalue weighted by Crippen LogP contribution is 2.60. The van der Waals surface area contributed by atoms with Crippen LogP contribution in [-0.2, 0) is 0 Å². The molecule has 0 radical (unpaired) electrons. The van der Waals surface area contributed by atoms with Gasteiger partial charge < -0.3 is 25.3 Å². The minimum atomic E-state index is -0.702. The molecule has 1 amide bonds. The lowest BCUT2D eigenvalue weighted by molar-refractivity contribution is 0.102. The number of nitrogens with one attached hydrogen (secondary N) is 2. The molecular weight excluding hydrogens is 300 g/mol. The molecular formula is C16H10N2O5. The van der Waals surface area contributed by atoms with E-state index in [2.05, 4.69) is 10.3 Å². The first kappa shape index (κ1) is 13.2. The number of aromatic hydroxyl groups is 2. The summed E-state index contributed by atoms with van der Waals surface area (Å²) in [5.74, 6) is -0.882. The fraction of sp³-hybridized carbons (Fsp3) is 0. The van der Waals surface area contributed by atoms with Gasteiger partial charge in [0.25, 0.3) is 11.5 Å². The molecule has 2 heterocycles. The summed E-state index contributed by atoms with van der Waals surface area (Å²) in [6.07, 6.45) is 0. The molecule has 114 valence electrons. The number of ether oxygens (including phenoxy) is 1. The van der Waals surface area contributed by atoms with E-state index in [0.717, 1.165) is 6.07 Å². The van der Waals surface area contributed by atoms with Crippen LogP contribution in [0.15, 0.2) is 41.2 Å². The summed E-state index contributed by atoms with van der Waals surface area (Å²) in [6, 6.07) is 9.68. The van der Waals surface area contributed by atoms with Crippen molar-refractivity contribution in [3.05, 3.63) is 52.3 Å². The number of rotatable bonds is 2. The summed E-state index contributed by atoms with van der Waals surface area (Å²) in [7, 11) is 0. The van der Waals surface area contributed by atoms with Crippen LogP contribution in [0.25, 0.3) is 10.9 Å². The van der Waals surface area contributed by atoms with Crippen molar-refractivity contribution in [2.45, 2.75) is 0 Å². The Hall–Kier alpha value is -3.48. The standard InChI is InChI=1S/C16H10N2O5/c19-11-6-10(12(20)14-13(11)23-14)18-16(22)8-5-7-3-1-2-4-9(7)17-15(8)21/h1-6,19-20H,(H,17,21)(H,18,22). The first-order valence-corrected chi connectivity index (χ1v) is 6.75. The van der Waals surface area contributed by atoms with Crippen LogP contribution in [0.2, 0.25) is 0 Å². The largest absolute Gasteiger partial charge is 0.504 e. The number of aromatic amines is 1. The molecule has 1 aliphatic heterocycles. The van der Waals surface area contributed by atoms with Crippen molar-refractivity contribution < 1.29 is 19.7 Å². The lowest BCUT2D eigenvalue weighted by Crippen LogP contribution is -2.23. The molecule has 7 nitrogen and oxygen atoms in total. The maximum atomic E-state index is 12.3. The first-order chi connectivity index (χ1) is 11.0. The summed E-state index contributed by atoms with van der Waals surface area (Å²) >= 11 is 0. The molecule has 0 fully saturated rings. The average Bonchev–Trinajstić information content (AvgIpc) is 3.33. The quantitative estimate of drug-likeness (QED) is 0.258. The Kier molecular flexibility index (Phi) is 2.59. The summed E-state index contributed by atoms with van der Waals surface area (Å²) in [5.41, 5.74) is -0.0648. The van der Waals surface area contributed by atoms with Crippen molar-refractivity contribution in [2.24, 2.45) is 0 Å². The fourth-order valence-corrected chi connectivity index (χ4v) is 2.39. The monoisotopic (exact) mass is 310 g/mol. The Balaban J connectivity index is 1.73. The Labute approximate surface area is 128 Å². The van der Waals surface area contributed by atoms with Crippen LogP contribution in [0.3, 0.4) is 0 Å². The van der Waals surface area contributed by atoms with Crippen molar-refractivity contribution in [2.75, 3.05) is 5.32 Å². The number of pyridine rings is 1. The zero-order valence-corrected chi connectivity index (χ0v) is 11.6. The van der Waals surface area contributed by atoms with Gasteiger partial charge in [-0.2, -0.15) is 0 Å². The number of hydrogen-bond donors (Lipinski definition) is 4. The predicted molar refractivity (Wildman–Crippen MR) is 82.4 cm³/mol. The smallest absolute Gasteiger partial charge is 0.261 e. The molecule has 7 heteroatoms. The minimum Gasteiger partial charge on any atom is -0.504 e. The van der Waals surface area contributed by atoms with Crippen molar-refractivity contribution in [1.82, 2.24) is 4.98 Å². The van der Waals surface area contributed by atoms with Crippen LogP contribution < -0.4 is 15.6 Å². The Morgan fingerprint density at radius 1 is 1.13 bits per heavy atom. The number of carbonyl (C=O) groups is 1. The highest BCUT2D eigenvalue weighted by atomic mass is 16.6. The molecule has 0 spiro atoms. The molecule has 4 N–H and O–H groups in total. The lowest BCUT2D eigenvalue weighted by Gasteiger charge is -2.06. The molecule has 3 aromatic rings. The van der Waals surface area contributed by atoms with Crippen LogP contribution in [0.5, 0.6) is 23.0 Å². The van der Waals surface area contributed by atoms with Crippen LogP contribution in [0.4, 0.5) is 5.69 Å². The highest BCUT2D eigenvalue weighted by Gasteiger charge is 2.32. The van der Waals surface area contributed by atoms with E-state index in [4.69, 9.17) is 4.74 Å². The zero-order chi connectivity index (χ0) is 16.1. The molecule has 0 aliphatic carbocycles. The van der Waals surface area contributed by atoms with E-state index >= 15 is 0 Å². The van der Waals surface area contributed by atoms with E-state index in [0.29, 0.717) is 10.9 Å². The second kappa shape index (κ2) is 4.51. The second-order valence-electron chi connectivity index (χ2n) is 5.11. The highest BCUT2D eigenvalue weighted by molar-refractivity contribution is 6.07. The Morgan fingerprint density at radius 3 is 2.74 bits per heavy atom. The van der Waals surface area contributed by atoms with Gasteiger partial charge in [-0.3, -0.25) is 9.59 Å². The number of carbonyl (C=O) groups excluding carboxylic acids is 1. The molecule has 0 atom stereocenters. The maximum Gasteiger partial charge on any atom is 0.261 e. The van der Waals surface area contributed by atoms with Crippen LogP contribution >= 0.6 is 0 Å². The van der Waals surface area contributed by atoms with Gasteiger partial charge in [0, 0.05) is 11.6 Å². The molecule has 0 saturated carbocycles. The number of phenolic OH excluding ortho intramolecular Hbond substituents is 2. The number of aromatic nitrogens is 1. The topological polar surface area (TPSA) is 115 Å². The van der Waals surface area contributed by atoms with Crippen molar-refractivity contribution >= 4 is 22.5 Å². The number of para-hydroxylation sites is 1.